The molecule has 1 N–H and O–H groups in total. The van der Waals surface area contributed by atoms with E-state index in [2.05, 4.69) is 41.1 Å². The lowest BCUT2D eigenvalue weighted by Crippen LogP contribution is -2.39. The molecule has 0 bridgehead atoms. The number of rotatable bonds is 10. The van der Waals surface area contributed by atoms with Crippen LogP contribution in [0.2, 0.25) is 0 Å². The molecule has 0 fully saturated rings. The van der Waals surface area contributed by atoms with Gasteiger partial charge in [0.2, 0.25) is 0 Å². The number of hydrazone groups is 1. The molecule has 0 atom stereocenters. The molecule has 1 amide bonds. The molecular formula is C31H34N4O5S. The van der Waals surface area contributed by atoms with Gasteiger partial charge in [-0.25, -0.2) is 13.8 Å². The van der Waals surface area contributed by atoms with E-state index in [0.29, 0.717) is 5.75 Å². The second-order valence-corrected chi connectivity index (χ2v) is 11.4. The van der Waals surface area contributed by atoms with Gasteiger partial charge in [0.1, 0.15) is 18.0 Å². The first-order valence-corrected chi connectivity index (χ1v) is 14.4. The van der Waals surface area contributed by atoms with Crippen molar-refractivity contribution in [3.05, 3.63) is 101 Å². The van der Waals surface area contributed by atoms with E-state index >= 15 is 0 Å². The number of ether oxygens (including phenoxy) is 2. The highest BCUT2D eigenvalue weighted by atomic mass is 32.2. The normalized spacial score (nSPS) is 11.5. The number of methoxy groups -OCH3 is 2. The highest BCUT2D eigenvalue weighted by molar-refractivity contribution is 7.92. The summed E-state index contributed by atoms with van der Waals surface area (Å²) in [5, 5.41) is 4.16. The molecule has 0 saturated heterocycles. The van der Waals surface area contributed by atoms with E-state index in [4.69, 9.17) is 9.47 Å². The monoisotopic (exact) mass is 574 g/mol. The number of anilines is 1. The zero-order valence-electron chi connectivity index (χ0n) is 24.0. The molecule has 1 aromatic heterocycles. The number of hydrogen-bond donors (Lipinski definition) is 1. The molecule has 0 aliphatic rings. The number of amides is 1. The van der Waals surface area contributed by atoms with Crippen LogP contribution >= 0.6 is 0 Å². The maximum Gasteiger partial charge on any atom is 0.264 e. The van der Waals surface area contributed by atoms with Crippen LogP contribution in [0.3, 0.4) is 0 Å². The molecule has 0 aliphatic carbocycles. The molecule has 0 radical (unpaired) electrons. The number of nitrogens with zero attached hydrogens (tertiary/aromatic N) is 3. The Morgan fingerprint density at radius 3 is 2.24 bits per heavy atom. The van der Waals surface area contributed by atoms with Crippen LogP contribution in [0.1, 0.15) is 28.1 Å². The lowest BCUT2D eigenvalue weighted by atomic mass is 10.1. The van der Waals surface area contributed by atoms with Gasteiger partial charge in [-0.2, -0.15) is 5.10 Å². The molecule has 9 nitrogen and oxygen atoms in total. The van der Waals surface area contributed by atoms with Crippen LogP contribution < -0.4 is 19.2 Å². The van der Waals surface area contributed by atoms with Gasteiger partial charge in [0.15, 0.2) is 0 Å². The maximum atomic E-state index is 13.7. The van der Waals surface area contributed by atoms with Crippen molar-refractivity contribution in [2.45, 2.75) is 32.6 Å². The summed E-state index contributed by atoms with van der Waals surface area (Å²) in [5.74, 6) is 0.0430. The zero-order chi connectivity index (χ0) is 29.7. The molecule has 1 heterocycles. The fourth-order valence-electron chi connectivity index (χ4n) is 4.77. The molecule has 0 spiro atoms. The molecule has 4 rings (SSSR count). The number of benzene rings is 3. The van der Waals surface area contributed by atoms with Crippen molar-refractivity contribution in [1.29, 1.82) is 0 Å². The number of hydrogen-bond acceptors (Lipinski definition) is 6. The molecule has 4 aromatic rings. The molecule has 214 valence electrons. The Morgan fingerprint density at radius 1 is 0.927 bits per heavy atom. The Bertz CT molecular complexity index is 1670. The predicted octanol–water partition coefficient (Wildman–Crippen LogP) is 5.07. The van der Waals surface area contributed by atoms with E-state index in [1.165, 1.54) is 32.4 Å². The summed E-state index contributed by atoms with van der Waals surface area (Å²) in [4.78, 5) is 13.1. The summed E-state index contributed by atoms with van der Waals surface area (Å²) in [6.45, 7) is 7.61. The third-order valence-electron chi connectivity index (χ3n) is 6.80. The second-order valence-electron chi connectivity index (χ2n) is 9.56. The Labute approximate surface area is 241 Å². The number of sulfonamides is 1. The van der Waals surface area contributed by atoms with Crippen molar-refractivity contribution in [2.75, 3.05) is 25.1 Å². The van der Waals surface area contributed by atoms with E-state index in [1.54, 1.807) is 36.5 Å². The predicted molar refractivity (Wildman–Crippen MR) is 161 cm³/mol. The van der Waals surface area contributed by atoms with Gasteiger partial charge in [0, 0.05) is 23.0 Å². The summed E-state index contributed by atoms with van der Waals surface area (Å²) in [7, 11) is -1.25. The first-order chi connectivity index (χ1) is 19.6. The Kier molecular flexibility index (Phi) is 8.83. The van der Waals surface area contributed by atoms with Crippen LogP contribution in [0, 0.1) is 27.7 Å². The molecule has 3 aromatic carbocycles. The van der Waals surface area contributed by atoms with Crippen LogP contribution in [0.5, 0.6) is 11.5 Å². The van der Waals surface area contributed by atoms with Crippen molar-refractivity contribution in [3.63, 3.8) is 0 Å². The van der Waals surface area contributed by atoms with Crippen molar-refractivity contribution in [1.82, 2.24) is 9.99 Å². The third-order valence-corrected chi connectivity index (χ3v) is 8.57. The number of carbonyl (C=O) groups excluding carboxylic acids is 1. The summed E-state index contributed by atoms with van der Waals surface area (Å²) >= 11 is 0. The fraction of sp³-hybridized carbons (Fsp3) is 0.226. The van der Waals surface area contributed by atoms with Crippen LogP contribution in [-0.2, 0) is 14.8 Å². The lowest BCUT2D eigenvalue weighted by molar-refractivity contribution is -0.119. The van der Waals surface area contributed by atoms with E-state index in [9.17, 15) is 13.2 Å². The number of para-hydroxylation sites is 1. The van der Waals surface area contributed by atoms with Gasteiger partial charge in [0.05, 0.1) is 36.7 Å². The minimum Gasteiger partial charge on any atom is -0.497 e. The highest BCUT2D eigenvalue weighted by Gasteiger charge is 2.30. The van der Waals surface area contributed by atoms with Crippen molar-refractivity contribution >= 4 is 27.8 Å². The van der Waals surface area contributed by atoms with Crippen LogP contribution in [0.25, 0.3) is 5.69 Å². The van der Waals surface area contributed by atoms with Crippen LogP contribution in [0.15, 0.2) is 82.8 Å². The topological polar surface area (TPSA) is 102 Å². The van der Waals surface area contributed by atoms with E-state index in [-0.39, 0.29) is 16.3 Å². The third kappa shape index (κ3) is 6.12. The first kappa shape index (κ1) is 29.4. The Morgan fingerprint density at radius 2 is 1.61 bits per heavy atom. The standard InChI is InChI=1S/C31H34N4O5S/c1-21-11-10-12-22(2)31(21)35-23(3)17-25(24(35)4)19-32-33-30(36)20-34(41(37,38)27-13-8-7-9-14-27)28-18-26(39-5)15-16-29(28)40-6/h7-19H,20H2,1-6H3,(H,33,36)/b32-19+. The molecule has 0 unspecified atom stereocenters. The molecular weight excluding hydrogens is 540 g/mol. The second kappa shape index (κ2) is 12.3. The average Bonchev–Trinajstić information content (AvgIpc) is 3.24. The van der Waals surface area contributed by atoms with Gasteiger partial charge in [-0.3, -0.25) is 9.10 Å². The van der Waals surface area contributed by atoms with Gasteiger partial charge in [0.25, 0.3) is 15.9 Å². The zero-order valence-corrected chi connectivity index (χ0v) is 24.8. The van der Waals surface area contributed by atoms with Gasteiger partial charge in [-0.1, -0.05) is 36.4 Å². The lowest BCUT2D eigenvalue weighted by Gasteiger charge is -2.25. The SMILES string of the molecule is COc1ccc(OC)c(N(CC(=O)N/N=C/c2cc(C)n(-c3c(C)cccc3C)c2C)S(=O)(=O)c2ccccc2)c1. The Balaban J connectivity index is 1.63. The van der Waals surface area contributed by atoms with E-state index in [1.807, 2.05) is 26.0 Å². The number of aryl methyl sites for hydroxylation is 3. The highest BCUT2D eigenvalue weighted by Crippen LogP contribution is 2.35. The number of aromatic nitrogens is 1. The minimum absolute atomic E-state index is 0.0279. The number of carbonyl (C=O) groups is 1. The smallest absolute Gasteiger partial charge is 0.264 e. The largest absolute Gasteiger partial charge is 0.497 e. The molecule has 0 aliphatic heterocycles. The summed E-state index contributed by atoms with van der Waals surface area (Å²) in [5.41, 5.74) is 8.87. The van der Waals surface area contributed by atoms with Gasteiger partial charge in [-0.05, 0) is 69.2 Å². The van der Waals surface area contributed by atoms with E-state index in [0.717, 1.165) is 38.1 Å². The van der Waals surface area contributed by atoms with Crippen molar-refractivity contribution in [3.8, 4) is 17.2 Å². The van der Waals surface area contributed by atoms with Gasteiger partial charge >= 0.3 is 0 Å². The van der Waals surface area contributed by atoms with Crippen molar-refractivity contribution < 1.29 is 22.7 Å². The fourth-order valence-corrected chi connectivity index (χ4v) is 6.22. The molecule has 41 heavy (non-hydrogen) atoms. The summed E-state index contributed by atoms with van der Waals surface area (Å²) in [6, 6.07) is 20.8. The van der Waals surface area contributed by atoms with E-state index < -0.39 is 22.5 Å². The van der Waals surface area contributed by atoms with Crippen LogP contribution in [0.4, 0.5) is 5.69 Å². The molecule has 10 heteroatoms. The van der Waals surface area contributed by atoms with Gasteiger partial charge < -0.3 is 14.0 Å². The minimum atomic E-state index is -4.15. The first-order valence-electron chi connectivity index (χ1n) is 13.0. The number of nitrogens with one attached hydrogen (secondary N) is 1. The quantitative estimate of drug-likeness (QED) is 0.210. The molecule has 0 saturated carbocycles. The Hall–Kier alpha value is -4.57. The van der Waals surface area contributed by atoms with Gasteiger partial charge in [-0.15, -0.1) is 0 Å². The maximum absolute atomic E-state index is 13.7. The summed E-state index contributed by atoms with van der Waals surface area (Å²) in [6.07, 6.45) is 1.56. The van der Waals surface area contributed by atoms with Crippen molar-refractivity contribution in [2.24, 2.45) is 5.10 Å². The average molecular weight is 575 g/mol. The van der Waals surface area contributed by atoms with Crippen LogP contribution in [-0.4, -0.2) is 45.9 Å². The summed E-state index contributed by atoms with van der Waals surface area (Å²) < 4.78 is 41.3.